The van der Waals surface area contributed by atoms with Crippen molar-refractivity contribution < 1.29 is 14.3 Å². The van der Waals surface area contributed by atoms with Crippen LogP contribution in [0.4, 0.5) is 0 Å². The van der Waals surface area contributed by atoms with Crippen LogP contribution in [0.5, 0.6) is 0 Å². The molecule has 104 valence electrons. The first-order valence-electron chi connectivity index (χ1n) is 6.70. The molecule has 0 radical (unpaired) electrons. The number of rotatable bonds is 5. The molecule has 1 heterocycles. The lowest BCUT2D eigenvalue weighted by atomic mass is 10.1. The van der Waals surface area contributed by atoms with Crippen molar-refractivity contribution in [3.63, 3.8) is 0 Å². The number of nitrogens with zero attached hydrogens (tertiary/aromatic N) is 1. The molecule has 2 rings (SSSR count). The number of nitrogens with one attached hydrogen (secondary N) is 1. The van der Waals surface area contributed by atoms with Crippen molar-refractivity contribution in [2.45, 2.75) is 44.4 Å². The molecule has 5 heteroatoms. The van der Waals surface area contributed by atoms with Gasteiger partial charge in [0.1, 0.15) is 6.61 Å². The van der Waals surface area contributed by atoms with Crippen molar-refractivity contribution in [2.75, 3.05) is 33.4 Å². The number of morpholine rings is 1. The van der Waals surface area contributed by atoms with Crippen LogP contribution < -0.4 is 5.32 Å². The highest BCUT2D eigenvalue weighted by molar-refractivity contribution is 5.77. The summed E-state index contributed by atoms with van der Waals surface area (Å²) in [5, 5.41) is 3.31. The normalized spacial score (nSPS) is 26.9. The van der Waals surface area contributed by atoms with Gasteiger partial charge < -0.3 is 19.7 Å². The zero-order chi connectivity index (χ0) is 13.2. The molecule has 2 fully saturated rings. The summed E-state index contributed by atoms with van der Waals surface area (Å²) in [5.41, 5.74) is -0.152. The third-order valence-electron chi connectivity index (χ3n) is 3.43. The van der Waals surface area contributed by atoms with Gasteiger partial charge in [-0.1, -0.05) is 0 Å². The van der Waals surface area contributed by atoms with Crippen LogP contribution in [0.1, 0.15) is 26.7 Å². The molecule has 1 N–H and O–H groups in total. The molecule has 1 saturated carbocycles. The van der Waals surface area contributed by atoms with E-state index < -0.39 is 0 Å². The second kappa shape index (κ2) is 5.55. The number of hydrogen-bond donors (Lipinski definition) is 1. The Bertz CT molecular complexity index is 303. The largest absolute Gasteiger partial charge is 0.369 e. The minimum absolute atomic E-state index is 0.0350. The summed E-state index contributed by atoms with van der Waals surface area (Å²) >= 11 is 0. The molecule has 1 amide bonds. The van der Waals surface area contributed by atoms with Crippen molar-refractivity contribution in [1.82, 2.24) is 10.2 Å². The van der Waals surface area contributed by atoms with E-state index in [1.807, 2.05) is 7.05 Å². The Kier molecular flexibility index (Phi) is 4.25. The minimum atomic E-state index is -0.152. The Morgan fingerprint density at radius 1 is 1.50 bits per heavy atom. The summed E-state index contributed by atoms with van der Waals surface area (Å²) in [4.78, 5) is 13.5. The van der Waals surface area contributed by atoms with Crippen LogP contribution in [-0.2, 0) is 14.3 Å². The molecular formula is C13H24N2O3. The van der Waals surface area contributed by atoms with Gasteiger partial charge in [0.25, 0.3) is 0 Å². The molecule has 0 aromatic heterocycles. The van der Waals surface area contributed by atoms with Crippen LogP contribution in [0.25, 0.3) is 0 Å². The number of ether oxygens (including phenoxy) is 2. The third kappa shape index (κ3) is 3.93. The van der Waals surface area contributed by atoms with E-state index >= 15 is 0 Å². The number of amides is 1. The molecule has 1 aliphatic carbocycles. The molecule has 1 unspecified atom stereocenters. The Hall–Kier alpha value is -0.650. The number of carbonyl (C=O) groups is 1. The van der Waals surface area contributed by atoms with Crippen LogP contribution >= 0.6 is 0 Å². The Labute approximate surface area is 109 Å². The van der Waals surface area contributed by atoms with Crippen LogP contribution in [0, 0.1) is 0 Å². The molecule has 0 spiro atoms. The molecule has 1 saturated heterocycles. The lowest BCUT2D eigenvalue weighted by Gasteiger charge is -2.36. The fourth-order valence-corrected chi connectivity index (χ4v) is 2.21. The molecule has 5 nitrogen and oxygen atoms in total. The van der Waals surface area contributed by atoms with E-state index in [0.717, 1.165) is 25.9 Å². The second-order valence-electron chi connectivity index (χ2n) is 5.88. The smallest absolute Gasteiger partial charge is 0.248 e. The van der Waals surface area contributed by atoms with E-state index in [1.165, 1.54) is 0 Å². The molecule has 0 aromatic rings. The molecule has 0 bridgehead atoms. The SMILES string of the molecule is CN(C(=O)COCC1CNCC(C)(C)O1)C1CC1. The molecular weight excluding hydrogens is 232 g/mol. The summed E-state index contributed by atoms with van der Waals surface area (Å²) in [5.74, 6) is 0.0699. The van der Waals surface area contributed by atoms with Crippen molar-refractivity contribution in [2.24, 2.45) is 0 Å². The van der Waals surface area contributed by atoms with Crippen LogP contribution in [0.2, 0.25) is 0 Å². The van der Waals surface area contributed by atoms with Gasteiger partial charge in [-0.15, -0.1) is 0 Å². The van der Waals surface area contributed by atoms with Gasteiger partial charge in [0.2, 0.25) is 5.91 Å². The van der Waals surface area contributed by atoms with Gasteiger partial charge in [-0.2, -0.15) is 0 Å². The zero-order valence-electron chi connectivity index (χ0n) is 11.6. The third-order valence-corrected chi connectivity index (χ3v) is 3.43. The van der Waals surface area contributed by atoms with Gasteiger partial charge >= 0.3 is 0 Å². The summed E-state index contributed by atoms with van der Waals surface area (Å²) in [7, 11) is 1.85. The molecule has 1 aliphatic heterocycles. The van der Waals surface area contributed by atoms with Crippen molar-refractivity contribution in [1.29, 1.82) is 0 Å². The quantitative estimate of drug-likeness (QED) is 0.773. The van der Waals surface area contributed by atoms with Crippen molar-refractivity contribution in [3.05, 3.63) is 0 Å². The van der Waals surface area contributed by atoms with E-state index in [-0.39, 0.29) is 24.2 Å². The highest BCUT2D eigenvalue weighted by Crippen LogP contribution is 2.25. The summed E-state index contributed by atoms with van der Waals surface area (Å²) in [6, 6.07) is 0.452. The predicted molar refractivity (Wildman–Crippen MR) is 68.4 cm³/mol. The minimum Gasteiger partial charge on any atom is -0.369 e. The van der Waals surface area contributed by atoms with E-state index in [4.69, 9.17) is 9.47 Å². The van der Waals surface area contributed by atoms with Gasteiger partial charge in [-0.25, -0.2) is 0 Å². The standard InChI is InChI=1S/C13H24N2O3/c1-13(2)9-14-6-11(18-13)7-17-8-12(16)15(3)10-4-5-10/h10-11,14H,4-9H2,1-3H3. The Morgan fingerprint density at radius 3 is 2.83 bits per heavy atom. The number of likely N-dealkylation sites (N-methyl/N-ethyl adjacent to an activating group) is 1. The van der Waals surface area contributed by atoms with Crippen LogP contribution in [0.3, 0.4) is 0 Å². The maximum absolute atomic E-state index is 11.7. The van der Waals surface area contributed by atoms with Crippen molar-refractivity contribution in [3.8, 4) is 0 Å². The van der Waals surface area contributed by atoms with Crippen LogP contribution in [-0.4, -0.2) is 61.9 Å². The molecule has 1 atom stereocenters. The fraction of sp³-hybridized carbons (Fsp3) is 0.923. The Balaban J connectivity index is 1.64. The summed E-state index contributed by atoms with van der Waals surface area (Å²) in [6.45, 7) is 6.38. The van der Waals surface area contributed by atoms with Crippen LogP contribution in [0.15, 0.2) is 0 Å². The molecule has 18 heavy (non-hydrogen) atoms. The van der Waals surface area contributed by atoms with Gasteiger partial charge in [0.15, 0.2) is 0 Å². The van der Waals surface area contributed by atoms with E-state index in [1.54, 1.807) is 4.90 Å². The second-order valence-corrected chi connectivity index (χ2v) is 5.88. The highest BCUT2D eigenvalue weighted by atomic mass is 16.5. The summed E-state index contributed by atoms with van der Waals surface area (Å²) in [6.07, 6.45) is 2.30. The van der Waals surface area contributed by atoms with E-state index in [0.29, 0.717) is 12.6 Å². The first kappa shape index (κ1) is 13.8. The maximum Gasteiger partial charge on any atom is 0.248 e. The van der Waals surface area contributed by atoms with Gasteiger partial charge in [0, 0.05) is 26.2 Å². The van der Waals surface area contributed by atoms with Crippen molar-refractivity contribution >= 4 is 5.91 Å². The van der Waals surface area contributed by atoms with E-state index in [9.17, 15) is 4.79 Å². The van der Waals surface area contributed by atoms with Gasteiger partial charge in [-0.3, -0.25) is 4.79 Å². The first-order valence-corrected chi connectivity index (χ1v) is 6.70. The monoisotopic (exact) mass is 256 g/mol. The zero-order valence-corrected chi connectivity index (χ0v) is 11.6. The van der Waals surface area contributed by atoms with Gasteiger partial charge in [-0.05, 0) is 26.7 Å². The number of hydrogen-bond acceptors (Lipinski definition) is 4. The molecule has 0 aromatic carbocycles. The average Bonchev–Trinajstić information content (AvgIpc) is 3.10. The van der Waals surface area contributed by atoms with Gasteiger partial charge in [0.05, 0.1) is 18.3 Å². The maximum atomic E-state index is 11.7. The van der Waals surface area contributed by atoms with E-state index in [2.05, 4.69) is 19.2 Å². The summed E-state index contributed by atoms with van der Waals surface area (Å²) < 4.78 is 11.3. The average molecular weight is 256 g/mol. The topological polar surface area (TPSA) is 50.8 Å². The predicted octanol–water partition coefficient (Wildman–Crippen LogP) is 0.391. The highest BCUT2D eigenvalue weighted by Gasteiger charge is 2.30. The fourth-order valence-electron chi connectivity index (χ4n) is 2.21. The first-order chi connectivity index (χ1) is 8.48. The lowest BCUT2D eigenvalue weighted by Crippen LogP contribution is -2.52. The molecule has 2 aliphatic rings. The lowest BCUT2D eigenvalue weighted by molar-refractivity contribution is -0.142. The Morgan fingerprint density at radius 2 is 2.22 bits per heavy atom. The number of carbonyl (C=O) groups excluding carboxylic acids is 1.